The van der Waals surface area contributed by atoms with Crippen LogP contribution >= 0.6 is 11.8 Å². The van der Waals surface area contributed by atoms with Crippen molar-refractivity contribution >= 4 is 19.6 Å². The standard InChI is InChI=1S/C12H16BF2NO2S/c1-12(13,16)6-7-4-9(18-3)10(19-11(14)15)5-8(7)17-2/h4-5,11H,6,16H2,1-3H3. The van der Waals surface area contributed by atoms with E-state index in [1.807, 2.05) is 0 Å². The van der Waals surface area contributed by atoms with Crippen molar-refractivity contribution in [3.05, 3.63) is 17.7 Å². The zero-order chi connectivity index (χ0) is 14.6. The minimum atomic E-state index is -2.53. The van der Waals surface area contributed by atoms with Crippen LogP contribution in [0.4, 0.5) is 8.78 Å². The van der Waals surface area contributed by atoms with Gasteiger partial charge in [-0.15, -0.1) is 0 Å². The first-order valence-electron chi connectivity index (χ1n) is 5.54. The Balaban J connectivity index is 3.19. The highest BCUT2D eigenvalue weighted by atomic mass is 32.2. The molecule has 7 heteroatoms. The molecule has 0 amide bonds. The van der Waals surface area contributed by atoms with Crippen LogP contribution in [0.5, 0.6) is 11.5 Å². The van der Waals surface area contributed by atoms with Crippen molar-refractivity contribution in [2.75, 3.05) is 14.2 Å². The molecule has 1 unspecified atom stereocenters. The summed E-state index contributed by atoms with van der Waals surface area (Å²) >= 11 is 0.405. The van der Waals surface area contributed by atoms with Crippen LogP contribution in [-0.2, 0) is 6.42 Å². The fourth-order valence-corrected chi connectivity index (χ4v) is 2.29. The highest BCUT2D eigenvalue weighted by Gasteiger charge is 2.19. The number of nitrogens with two attached hydrogens (primary N) is 1. The summed E-state index contributed by atoms with van der Waals surface area (Å²) in [6.07, 6.45) is 0.339. The van der Waals surface area contributed by atoms with E-state index in [0.29, 0.717) is 40.1 Å². The molecule has 19 heavy (non-hydrogen) atoms. The molecule has 1 aromatic carbocycles. The van der Waals surface area contributed by atoms with Crippen LogP contribution in [0.15, 0.2) is 17.0 Å². The maximum absolute atomic E-state index is 12.5. The molecular formula is C12H16BF2NO2S. The van der Waals surface area contributed by atoms with Crippen LogP contribution < -0.4 is 15.2 Å². The van der Waals surface area contributed by atoms with Crippen LogP contribution in [0.25, 0.3) is 0 Å². The van der Waals surface area contributed by atoms with Crippen molar-refractivity contribution in [1.29, 1.82) is 0 Å². The third-order valence-electron chi connectivity index (χ3n) is 2.35. The lowest BCUT2D eigenvalue weighted by atomic mass is 9.76. The van der Waals surface area contributed by atoms with Crippen LogP contribution in [-0.4, -0.2) is 33.3 Å². The van der Waals surface area contributed by atoms with Gasteiger partial charge in [-0.1, -0.05) is 18.7 Å². The Morgan fingerprint density at radius 2 is 1.89 bits per heavy atom. The highest BCUT2D eigenvalue weighted by molar-refractivity contribution is 7.99. The quantitative estimate of drug-likeness (QED) is 0.644. The molecule has 2 N–H and O–H groups in total. The van der Waals surface area contributed by atoms with Crippen LogP contribution in [0.1, 0.15) is 12.5 Å². The molecule has 0 aromatic heterocycles. The topological polar surface area (TPSA) is 44.5 Å². The van der Waals surface area contributed by atoms with E-state index in [1.54, 1.807) is 13.0 Å². The summed E-state index contributed by atoms with van der Waals surface area (Å²) in [5.74, 6) is -1.71. The van der Waals surface area contributed by atoms with Crippen LogP contribution in [0.3, 0.4) is 0 Å². The number of benzene rings is 1. The average molecular weight is 287 g/mol. The van der Waals surface area contributed by atoms with Gasteiger partial charge >= 0.3 is 0 Å². The lowest BCUT2D eigenvalue weighted by molar-refractivity contribution is 0.251. The SMILES string of the molecule is [B]C(C)(N)Cc1cc(OC)c(SC(F)F)cc1OC. The van der Waals surface area contributed by atoms with Gasteiger partial charge < -0.3 is 15.2 Å². The number of rotatable bonds is 6. The van der Waals surface area contributed by atoms with Crippen LogP contribution in [0, 0.1) is 0 Å². The van der Waals surface area contributed by atoms with E-state index >= 15 is 0 Å². The summed E-state index contributed by atoms with van der Waals surface area (Å²) in [5, 5.41) is 0. The van der Waals surface area contributed by atoms with Gasteiger partial charge in [0.25, 0.3) is 5.76 Å². The van der Waals surface area contributed by atoms with Gasteiger partial charge in [0, 0.05) is 0 Å². The molecule has 0 aliphatic rings. The molecule has 0 saturated heterocycles. The number of hydrogen-bond acceptors (Lipinski definition) is 4. The second-order valence-corrected chi connectivity index (χ2v) is 5.41. The van der Waals surface area contributed by atoms with Gasteiger partial charge in [0.05, 0.1) is 27.0 Å². The Morgan fingerprint density at radius 1 is 1.32 bits per heavy atom. The third kappa shape index (κ3) is 4.91. The van der Waals surface area contributed by atoms with Crippen molar-refractivity contribution in [3.63, 3.8) is 0 Å². The lowest BCUT2D eigenvalue weighted by Crippen LogP contribution is -2.38. The van der Waals surface area contributed by atoms with E-state index < -0.39 is 11.2 Å². The molecule has 0 aliphatic carbocycles. The molecule has 0 fully saturated rings. The zero-order valence-electron chi connectivity index (χ0n) is 11.1. The molecule has 3 nitrogen and oxygen atoms in total. The maximum atomic E-state index is 12.5. The predicted molar refractivity (Wildman–Crippen MR) is 73.5 cm³/mol. The predicted octanol–water partition coefficient (Wildman–Crippen LogP) is 2.40. The van der Waals surface area contributed by atoms with Crippen molar-refractivity contribution in [1.82, 2.24) is 0 Å². The van der Waals surface area contributed by atoms with E-state index in [2.05, 4.69) is 0 Å². The smallest absolute Gasteiger partial charge is 0.289 e. The Hall–Kier alpha value is -0.945. The van der Waals surface area contributed by atoms with Crippen molar-refractivity contribution in [3.8, 4) is 11.5 Å². The first-order chi connectivity index (χ1) is 8.76. The van der Waals surface area contributed by atoms with Gasteiger partial charge in [-0.25, -0.2) is 0 Å². The molecule has 1 rings (SSSR count). The van der Waals surface area contributed by atoms with E-state index in [-0.39, 0.29) is 0 Å². The number of alkyl halides is 2. The third-order valence-corrected chi connectivity index (χ3v) is 3.11. The van der Waals surface area contributed by atoms with Gasteiger partial charge in [-0.05, 0) is 29.6 Å². The minimum absolute atomic E-state index is 0.314. The first-order valence-corrected chi connectivity index (χ1v) is 6.42. The van der Waals surface area contributed by atoms with Gasteiger partial charge in [-0.2, -0.15) is 8.78 Å². The van der Waals surface area contributed by atoms with Gasteiger partial charge in [0.1, 0.15) is 11.5 Å². The summed E-state index contributed by atoms with van der Waals surface area (Å²) < 4.78 is 35.2. The van der Waals surface area contributed by atoms with E-state index in [1.165, 1.54) is 20.3 Å². The molecule has 1 aromatic rings. The molecular weight excluding hydrogens is 271 g/mol. The van der Waals surface area contributed by atoms with Gasteiger partial charge in [0.2, 0.25) is 0 Å². The molecule has 0 saturated carbocycles. The normalized spacial score (nSPS) is 14.3. The summed E-state index contributed by atoms with van der Waals surface area (Å²) in [7, 11) is 8.64. The van der Waals surface area contributed by atoms with Gasteiger partial charge in [-0.3, -0.25) is 0 Å². The van der Waals surface area contributed by atoms with Gasteiger partial charge in [0.15, 0.2) is 0 Å². The lowest BCUT2D eigenvalue weighted by Gasteiger charge is -2.22. The largest absolute Gasteiger partial charge is 0.496 e. The summed E-state index contributed by atoms with van der Waals surface area (Å²) in [6, 6.07) is 3.14. The maximum Gasteiger partial charge on any atom is 0.289 e. The Morgan fingerprint density at radius 3 is 2.32 bits per heavy atom. The van der Waals surface area contributed by atoms with E-state index in [0.717, 1.165) is 0 Å². The molecule has 2 radical (unpaired) electrons. The van der Waals surface area contributed by atoms with Crippen molar-refractivity contribution in [2.24, 2.45) is 5.73 Å². The summed E-state index contributed by atoms with van der Waals surface area (Å²) in [6.45, 7) is 1.67. The van der Waals surface area contributed by atoms with E-state index in [9.17, 15) is 8.78 Å². The Bertz CT molecular complexity index is 438. The monoisotopic (exact) mass is 287 g/mol. The first kappa shape index (κ1) is 16.1. The molecule has 104 valence electrons. The van der Waals surface area contributed by atoms with Crippen LogP contribution in [0.2, 0.25) is 0 Å². The summed E-state index contributed by atoms with van der Waals surface area (Å²) in [4.78, 5) is 0.314. The number of halogens is 2. The molecule has 1 atom stereocenters. The minimum Gasteiger partial charge on any atom is -0.496 e. The molecule has 0 heterocycles. The van der Waals surface area contributed by atoms with Crippen molar-refractivity contribution in [2.45, 2.75) is 29.4 Å². The zero-order valence-corrected chi connectivity index (χ0v) is 11.9. The number of methoxy groups -OCH3 is 2. The fraction of sp³-hybridized carbons (Fsp3) is 0.500. The molecule has 0 bridgehead atoms. The average Bonchev–Trinajstić information content (AvgIpc) is 2.27. The highest BCUT2D eigenvalue weighted by Crippen LogP contribution is 2.38. The van der Waals surface area contributed by atoms with Crippen molar-refractivity contribution < 1.29 is 18.3 Å². The number of thioether (sulfide) groups is 1. The molecule has 0 aliphatic heterocycles. The van der Waals surface area contributed by atoms with E-state index in [4.69, 9.17) is 23.1 Å². The molecule has 0 spiro atoms. The number of ether oxygens (including phenoxy) is 2. The Kier molecular flexibility index (Phi) is 5.49. The number of hydrogen-bond donors (Lipinski definition) is 1. The second kappa shape index (κ2) is 6.48. The fourth-order valence-electron chi connectivity index (χ4n) is 1.67. The summed E-state index contributed by atoms with van der Waals surface area (Å²) in [5.41, 5.74) is 5.55. The Labute approximate surface area is 117 Å². The second-order valence-electron chi connectivity index (χ2n) is 4.38.